The van der Waals surface area contributed by atoms with Crippen LogP contribution in [0.5, 0.6) is 5.75 Å². The summed E-state index contributed by atoms with van der Waals surface area (Å²) in [6.07, 6.45) is 1.22. The van der Waals surface area contributed by atoms with Crippen molar-refractivity contribution in [1.82, 2.24) is 10.2 Å². The van der Waals surface area contributed by atoms with Crippen molar-refractivity contribution in [2.75, 3.05) is 31.3 Å². The third-order valence-corrected chi connectivity index (χ3v) is 7.53. The van der Waals surface area contributed by atoms with Gasteiger partial charge in [-0.1, -0.05) is 65.7 Å². The summed E-state index contributed by atoms with van der Waals surface area (Å²) < 4.78 is 31.7. The molecule has 1 atom stereocenters. The summed E-state index contributed by atoms with van der Waals surface area (Å²) in [4.78, 5) is 28.3. The number of hydrogen-bond donors (Lipinski definition) is 1. The molecular formula is C27H29Cl2N3O5S. The van der Waals surface area contributed by atoms with Gasteiger partial charge in [0.25, 0.3) is 0 Å². The Morgan fingerprint density at radius 1 is 0.974 bits per heavy atom. The zero-order valence-corrected chi connectivity index (χ0v) is 23.6. The number of ether oxygens (including phenoxy) is 1. The maximum Gasteiger partial charge on any atom is 0.244 e. The van der Waals surface area contributed by atoms with Crippen LogP contribution in [-0.2, 0) is 32.6 Å². The number of amides is 2. The van der Waals surface area contributed by atoms with Gasteiger partial charge in [0.15, 0.2) is 0 Å². The van der Waals surface area contributed by atoms with E-state index in [1.165, 1.54) is 37.3 Å². The van der Waals surface area contributed by atoms with E-state index in [2.05, 4.69) is 5.32 Å². The first kappa shape index (κ1) is 29.3. The van der Waals surface area contributed by atoms with Crippen LogP contribution in [-0.4, -0.2) is 58.1 Å². The molecule has 202 valence electrons. The lowest BCUT2D eigenvalue weighted by Gasteiger charge is -2.33. The highest BCUT2D eigenvalue weighted by atomic mass is 35.5. The van der Waals surface area contributed by atoms with Gasteiger partial charge in [0, 0.05) is 25.0 Å². The summed E-state index contributed by atoms with van der Waals surface area (Å²) in [6.45, 7) is -0.518. The lowest BCUT2D eigenvalue weighted by molar-refractivity contribution is -0.139. The average Bonchev–Trinajstić information content (AvgIpc) is 2.88. The molecule has 0 heterocycles. The van der Waals surface area contributed by atoms with E-state index in [0.717, 1.165) is 16.1 Å². The second kappa shape index (κ2) is 13.0. The van der Waals surface area contributed by atoms with Gasteiger partial charge in [-0.2, -0.15) is 0 Å². The Balaban J connectivity index is 2.03. The van der Waals surface area contributed by atoms with Crippen LogP contribution in [0.15, 0.2) is 72.8 Å². The van der Waals surface area contributed by atoms with Gasteiger partial charge in [0.05, 0.1) is 24.1 Å². The van der Waals surface area contributed by atoms with E-state index >= 15 is 0 Å². The van der Waals surface area contributed by atoms with E-state index in [-0.39, 0.29) is 29.6 Å². The molecule has 0 aromatic heterocycles. The smallest absolute Gasteiger partial charge is 0.244 e. The van der Waals surface area contributed by atoms with Gasteiger partial charge in [-0.15, -0.1) is 0 Å². The zero-order valence-electron chi connectivity index (χ0n) is 21.2. The standard InChI is InChI=1S/C27H29Cl2N3O5S/c1-30-27(34)24(15-19-8-5-4-6-9-19)31(17-20-10-7-11-21(28)14-20)26(33)18-32(38(3,35)36)22-12-13-25(37-2)23(29)16-22/h4-14,16,24H,15,17-18H2,1-3H3,(H,30,34)/t24-/m1/s1. The number of halogens is 2. The summed E-state index contributed by atoms with van der Waals surface area (Å²) in [5.41, 5.74) is 1.71. The number of sulfonamides is 1. The first-order valence-electron chi connectivity index (χ1n) is 11.6. The van der Waals surface area contributed by atoms with Crippen molar-refractivity contribution in [3.05, 3.63) is 94.0 Å². The van der Waals surface area contributed by atoms with Crippen LogP contribution in [0.2, 0.25) is 10.0 Å². The predicted molar refractivity (Wildman–Crippen MR) is 150 cm³/mol. The van der Waals surface area contributed by atoms with Gasteiger partial charge in [-0.3, -0.25) is 13.9 Å². The van der Waals surface area contributed by atoms with Crippen LogP contribution in [0.4, 0.5) is 5.69 Å². The molecule has 0 unspecified atom stereocenters. The Kier molecular flexibility index (Phi) is 10.0. The second-order valence-corrected chi connectivity index (χ2v) is 11.3. The van der Waals surface area contributed by atoms with Crippen molar-refractivity contribution in [3.63, 3.8) is 0 Å². The first-order chi connectivity index (χ1) is 18.0. The molecule has 3 rings (SSSR count). The van der Waals surface area contributed by atoms with Crippen LogP contribution in [0.1, 0.15) is 11.1 Å². The minimum Gasteiger partial charge on any atom is -0.495 e. The van der Waals surface area contributed by atoms with E-state index < -0.39 is 28.5 Å². The van der Waals surface area contributed by atoms with Crippen molar-refractivity contribution in [1.29, 1.82) is 0 Å². The molecule has 0 bridgehead atoms. The third-order valence-electron chi connectivity index (χ3n) is 5.86. The molecule has 0 aliphatic heterocycles. The molecule has 8 nitrogen and oxygen atoms in total. The van der Waals surface area contributed by atoms with E-state index in [1.807, 2.05) is 30.3 Å². The summed E-state index contributed by atoms with van der Waals surface area (Å²) in [6, 6.07) is 19.7. The molecule has 38 heavy (non-hydrogen) atoms. The van der Waals surface area contributed by atoms with Crippen molar-refractivity contribution >= 4 is 50.7 Å². The van der Waals surface area contributed by atoms with Crippen LogP contribution in [0.3, 0.4) is 0 Å². The fourth-order valence-corrected chi connectivity index (χ4v) is 5.28. The van der Waals surface area contributed by atoms with Crippen molar-refractivity contribution < 1.29 is 22.7 Å². The molecule has 2 amide bonds. The Bertz CT molecular complexity index is 1390. The van der Waals surface area contributed by atoms with Gasteiger partial charge < -0.3 is 15.0 Å². The highest BCUT2D eigenvalue weighted by Gasteiger charge is 2.32. The summed E-state index contributed by atoms with van der Waals surface area (Å²) in [5, 5.41) is 3.29. The van der Waals surface area contributed by atoms with Crippen molar-refractivity contribution in [2.45, 2.75) is 19.0 Å². The van der Waals surface area contributed by atoms with E-state index in [4.69, 9.17) is 27.9 Å². The molecule has 0 aliphatic rings. The number of hydrogen-bond acceptors (Lipinski definition) is 5. The Hall–Kier alpha value is -3.27. The van der Waals surface area contributed by atoms with Gasteiger partial charge in [-0.25, -0.2) is 8.42 Å². The topological polar surface area (TPSA) is 96.0 Å². The predicted octanol–water partition coefficient (Wildman–Crippen LogP) is 4.15. The molecule has 1 N–H and O–H groups in total. The van der Waals surface area contributed by atoms with Gasteiger partial charge in [-0.05, 0) is 41.5 Å². The van der Waals surface area contributed by atoms with Crippen LogP contribution in [0, 0.1) is 0 Å². The normalized spacial score (nSPS) is 11.9. The highest BCUT2D eigenvalue weighted by Crippen LogP contribution is 2.30. The number of nitrogens with zero attached hydrogens (tertiary/aromatic N) is 2. The van der Waals surface area contributed by atoms with Crippen LogP contribution >= 0.6 is 23.2 Å². The third kappa shape index (κ3) is 7.63. The molecule has 11 heteroatoms. The number of likely N-dealkylation sites (N-methyl/N-ethyl adjacent to an activating group) is 1. The molecule has 3 aromatic rings. The molecule has 0 spiro atoms. The molecule has 0 fully saturated rings. The molecular weight excluding hydrogens is 549 g/mol. The highest BCUT2D eigenvalue weighted by molar-refractivity contribution is 7.92. The number of benzene rings is 3. The molecule has 0 saturated heterocycles. The lowest BCUT2D eigenvalue weighted by atomic mass is 10.0. The second-order valence-electron chi connectivity index (χ2n) is 8.56. The Morgan fingerprint density at radius 3 is 2.24 bits per heavy atom. The van der Waals surface area contributed by atoms with Crippen molar-refractivity contribution in [3.8, 4) is 5.75 Å². The zero-order chi connectivity index (χ0) is 27.9. The number of nitrogens with one attached hydrogen (secondary N) is 1. The minimum atomic E-state index is -3.91. The van der Waals surface area contributed by atoms with E-state index in [1.54, 1.807) is 24.3 Å². The fourth-order valence-electron chi connectivity index (χ4n) is 3.98. The average molecular weight is 579 g/mol. The first-order valence-corrected chi connectivity index (χ1v) is 14.2. The number of carbonyl (C=O) groups excluding carboxylic acids is 2. The molecule has 3 aromatic carbocycles. The molecule has 0 aliphatic carbocycles. The SMILES string of the molecule is CNC(=O)[C@@H](Cc1ccccc1)N(Cc1cccc(Cl)c1)C(=O)CN(c1ccc(OC)c(Cl)c1)S(C)(=O)=O. The Labute approximate surface area is 233 Å². The lowest BCUT2D eigenvalue weighted by Crippen LogP contribution is -2.52. The monoisotopic (exact) mass is 577 g/mol. The number of carbonyl (C=O) groups is 2. The van der Waals surface area contributed by atoms with E-state index in [0.29, 0.717) is 16.3 Å². The minimum absolute atomic E-state index is 0.0330. The van der Waals surface area contributed by atoms with Gasteiger partial charge >= 0.3 is 0 Å². The fraction of sp³-hybridized carbons (Fsp3) is 0.259. The quantitative estimate of drug-likeness (QED) is 0.369. The molecule has 0 saturated carbocycles. The Morgan fingerprint density at radius 2 is 1.66 bits per heavy atom. The number of rotatable bonds is 11. The van der Waals surface area contributed by atoms with E-state index in [9.17, 15) is 18.0 Å². The van der Waals surface area contributed by atoms with Crippen molar-refractivity contribution in [2.24, 2.45) is 0 Å². The number of methoxy groups -OCH3 is 1. The maximum absolute atomic E-state index is 13.9. The summed E-state index contributed by atoms with van der Waals surface area (Å²) in [7, 11) is -0.975. The van der Waals surface area contributed by atoms with Gasteiger partial charge in [0.1, 0.15) is 18.3 Å². The van der Waals surface area contributed by atoms with Crippen LogP contribution in [0.25, 0.3) is 0 Å². The summed E-state index contributed by atoms with van der Waals surface area (Å²) >= 11 is 12.4. The molecule has 0 radical (unpaired) electrons. The largest absolute Gasteiger partial charge is 0.495 e. The summed E-state index contributed by atoms with van der Waals surface area (Å²) in [5.74, 6) is -0.602. The maximum atomic E-state index is 13.9. The number of anilines is 1. The van der Waals surface area contributed by atoms with Crippen LogP contribution < -0.4 is 14.4 Å². The van der Waals surface area contributed by atoms with Gasteiger partial charge in [0.2, 0.25) is 21.8 Å².